The van der Waals surface area contributed by atoms with Gasteiger partial charge in [0.05, 0.1) is 32.2 Å². The van der Waals surface area contributed by atoms with Gasteiger partial charge < -0.3 is 19.7 Å². The van der Waals surface area contributed by atoms with E-state index in [-0.39, 0.29) is 23.7 Å². The monoisotopic (exact) mass is 318 g/mol. The van der Waals surface area contributed by atoms with Crippen LogP contribution in [0.4, 0.5) is 0 Å². The van der Waals surface area contributed by atoms with Crippen LogP contribution in [0.2, 0.25) is 0 Å². The minimum atomic E-state index is -0.194. The highest BCUT2D eigenvalue weighted by molar-refractivity contribution is 5.92. The lowest BCUT2D eigenvalue weighted by Gasteiger charge is -2.27. The van der Waals surface area contributed by atoms with E-state index >= 15 is 0 Å². The fourth-order valence-corrected chi connectivity index (χ4v) is 2.94. The number of rotatable bonds is 5. The molecule has 0 radical (unpaired) electrons. The van der Waals surface area contributed by atoms with Crippen molar-refractivity contribution in [2.75, 3.05) is 33.4 Å². The zero-order chi connectivity index (χ0) is 16.2. The fraction of sp³-hybridized carbons (Fsp3) is 0.529. The SMILES string of the molecule is COc1ccccc1CNC(=O)C1CC1C(=O)N1CCOCC1. The number of carbonyl (C=O) groups excluding carboxylic acids is 2. The summed E-state index contributed by atoms with van der Waals surface area (Å²) in [6.07, 6.45) is 0.647. The maximum Gasteiger partial charge on any atom is 0.226 e. The average Bonchev–Trinajstić information content (AvgIpc) is 3.41. The normalized spacial score (nSPS) is 23.3. The second kappa shape index (κ2) is 7.00. The van der Waals surface area contributed by atoms with E-state index < -0.39 is 0 Å². The molecule has 6 heteroatoms. The van der Waals surface area contributed by atoms with Gasteiger partial charge in [0.2, 0.25) is 11.8 Å². The van der Waals surface area contributed by atoms with Crippen LogP contribution in [-0.2, 0) is 20.9 Å². The van der Waals surface area contributed by atoms with Gasteiger partial charge in [-0.3, -0.25) is 9.59 Å². The maximum absolute atomic E-state index is 12.3. The molecular formula is C17H22N2O4. The summed E-state index contributed by atoms with van der Waals surface area (Å²) in [4.78, 5) is 26.4. The van der Waals surface area contributed by atoms with Crippen LogP contribution in [0, 0.1) is 11.8 Å². The quantitative estimate of drug-likeness (QED) is 0.872. The van der Waals surface area contributed by atoms with Crippen molar-refractivity contribution < 1.29 is 19.1 Å². The van der Waals surface area contributed by atoms with Gasteiger partial charge in [0, 0.05) is 25.2 Å². The van der Waals surface area contributed by atoms with Crippen molar-refractivity contribution in [3.63, 3.8) is 0 Å². The largest absolute Gasteiger partial charge is 0.496 e. The second-order valence-corrected chi connectivity index (χ2v) is 5.92. The van der Waals surface area contributed by atoms with Crippen molar-refractivity contribution in [2.24, 2.45) is 11.8 Å². The molecule has 1 N–H and O–H groups in total. The molecule has 1 saturated carbocycles. The Hall–Kier alpha value is -2.08. The molecule has 1 aliphatic heterocycles. The van der Waals surface area contributed by atoms with E-state index in [0.717, 1.165) is 11.3 Å². The Labute approximate surface area is 135 Å². The predicted octanol–water partition coefficient (Wildman–Crippen LogP) is 0.806. The number of nitrogens with zero attached hydrogens (tertiary/aromatic N) is 1. The summed E-state index contributed by atoms with van der Waals surface area (Å²) in [6.45, 7) is 2.85. The number of ether oxygens (including phenoxy) is 2. The highest BCUT2D eigenvalue weighted by Gasteiger charge is 2.49. The first kappa shape index (κ1) is 15.8. The zero-order valence-corrected chi connectivity index (χ0v) is 13.3. The Kier molecular flexibility index (Phi) is 4.81. The molecule has 1 aliphatic carbocycles. The smallest absolute Gasteiger partial charge is 0.226 e. The number of hydrogen-bond acceptors (Lipinski definition) is 4. The summed E-state index contributed by atoms with van der Waals surface area (Å²) >= 11 is 0. The number of hydrogen-bond donors (Lipinski definition) is 1. The van der Waals surface area contributed by atoms with Gasteiger partial charge in [-0.2, -0.15) is 0 Å². The van der Waals surface area contributed by atoms with Crippen molar-refractivity contribution >= 4 is 11.8 Å². The molecular weight excluding hydrogens is 296 g/mol. The summed E-state index contributed by atoms with van der Waals surface area (Å²) in [5.41, 5.74) is 0.931. The lowest BCUT2D eigenvalue weighted by atomic mass is 10.2. The lowest BCUT2D eigenvalue weighted by Crippen LogP contribution is -2.42. The highest BCUT2D eigenvalue weighted by Crippen LogP contribution is 2.40. The third-order valence-electron chi connectivity index (χ3n) is 4.41. The van der Waals surface area contributed by atoms with Crippen LogP contribution in [0.5, 0.6) is 5.75 Å². The van der Waals surface area contributed by atoms with Crippen molar-refractivity contribution in [1.82, 2.24) is 10.2 Å². The first-order valence-electron chi connectivity index (χ1n) is 7.97. The summed E-state index contributed by atoms with van der Waals surface area (Å²) in [6, 6.07) is 7.58. The van der Waals surface area contributed by atoms with Crippen LogP contribution in [0.25, 0.3) is 0 Å². The van der Waals surface area contributed by atoms with Crippen LogP contribution in [0.15, 0.2) is 24.3 Å². The number of nitrogens with one attached hydrogen (secondary N) is 1. The van der Waals surface area contributed by atoms with Crippen LogP contribution < -0.4 is 10.1 Å². The zero-order valence-electron chi connectivity index (χ0n) is 13.3. The second-order valence-electron chi connectivity index (χ2n) is 5.92. The highest BCUT2D eigenvalue weighted by atomic mass is 16.5. The van der Waals surface area contributed by atoms with Crippen LogP contribution in [-0.4, -0.2) is 50.1 Å². The van der Waals surface area contributed by atoms with Gasteiger partial charge in [-0.15, -0.1) is 0 Å². The average molecular weight is 318 g/mol. The van der Waals surface area contributed by atoms with Crippen LogP contribution in [0.1, 0.15) is 12.0 Å². The molecule has 2 unspecified atom stereocenters. The van der Waals surface area contributed by atoms with Gasteiger partial charge in [-0.25, -0.2) is 0 Å². The van der Waals surface area contributed by atoms with E-state index in [1.165, 1.54) is 0 Å². The van der Waals surface area contributed by atoms with E-state index in [1.54, 1.807) is 7.11 Å². The number of morpholine rings is 1. The number of amides is 2. The number of para-hydroxylation sites is 1. The molecule has 124 valence electrons. The van der Waals surface area contributed by atoms with Gasteiger partial charge in [-0.1, -0.05) is 18.2 Å². The van der Waals surface area contributed by atoms with Crippen molar-refractivity contribution in [2.45, 2.75) is 13.0 Å². The van der Waals surface area contributed by atoms with E-state index in [1.807, 2.05) is 29.2 Å². The third-order valence-corrected chi connectivity index (χ3v) is 4.41. The predicted molar refractivity (Wildman–Crippen MR) is 83.8 cm³/mol. The van der Waals surface area contributed by atoms with Crippen molar-refractivity contribution in [3.8, 4) is 5.75 Å². The molecule has 1 heterocycles. The molecule has 3 rings (SSSR count). The molecule has 2 fully saturated rings. The minimum absolute atomic E-state index is 0.0532. The van der Waals surface area contributed by atoms with E-state index in [0.29, 0.717) is 39.3 Å². The van der Waals surface area contributed by atoms with Crippen molar-refractivity contribution in [1.29, 1.82) is 0 Å². The fourth-order valence-electron chi connectivity index (χ4n) is 2.94. The molecule has 0 bridgehead atoms. The number of benzene rings is 1. The summed E-state index contributed by atoms with van der Waals surface area (Å²) in [5.74, 6) is 0.434. The Morgan fingerprint density at radius 1 is 1.26 bits per heavy atom. The molecule has 6 nitrogen and oxygen atoms in total. The van der Waals surface area contributed by atoms with Crippen molar-refractivity contribution in [3.05, 3.63) is 29.8 Å². The van der Waals surface area contributed by atoms with Gasteiger partial charge >= 0.3 is 0 Å². The molecule has 23 heavy (non-hydrogen) atoms. The van der Waals surface area contributed by atoms with E-state index in [4.69, 9.17) is 9.47 Å². The molecule has 2 atom stereocenters. The Morgan fingerprint density at radius 2 is 2.00 bits per heavy atom. The third kappa shape index (κ3) is 3.64. The molecule has 0 aromatic heterocycles. The minimum Gasteiger partial charge on any atom is -0.496 e. The Bertz CT molecular complexity index is 584. The van der Waals surface area contributed by atoms with Crippen LogP contribution in [0.3, 0.4) is 0 Å². The van der Waals surface area contributed by atoms with Gasteiger partial charge in [0.1, 0.15) is 5.75 Å². The Balaban J connectivity index is 1.49. The number of methoxy groups -OCH3 is 1. The molecule has 0 spiro atoms. The molecule has 1 saturated heterocycles. The maximum atomic E-state index is 12.3. The first-order chi connectivity index (χ1) is 11.2. The molecule has 1 aromatic rings. The molecule has 2 amide bonds. The molecule has 1 aromatic carbocycles. The van der Waals surface area contributed by atoms with E-state index in [9.17, 15) is 9.59 Å². The Morgan fingerprint density at radius 3 is 2.74 bits per heavy atom. The summed E-state index contributed by atoms with van der Waals surface area (Å²) in [7, 11) is 1.61. The first-order valence-corrected chi connectivity index (χ1v) is 7.97. The molecule has 2 aliphatic rings. The summed E-state index contributed by atoms with van der Waals surface area (Å²) in [5, 5.41) is 2.91. The topological polar surface area (TPSA) is 67.9 Å². The standard InChI is InChI=1S/C17H22N2O4/c1-22-15-5-3-2-4-12(15)11-18-16(20)13-10-14(13)17(21)19-6-8-23-9-7-19/h2-5,13-14H,6-11H2,1H3,(H,18,20). The van der Waals surface area contributed by atoms with Gasteiger partial charge in [-0.05, 0) is 12.5 Å². The lowest BCUT2D eigenvalue weighted by molar-refractivity contribution is -0.138. The van der Waals surface area contributed by atoms with Gasteiger partial charge in [0.25, 0.3) is 0 Å². The summed E-state index contributed by atoms with van der Waals surface area (Å²) < 4.78 is 10.5. The van der Waals surface area contributed by atoms with E-state index in [2.05, 4.69) is 5.32 Å². The number of carbonyl (C=O) groups is 2. The van der Waals surface area contributed by atoms with Crippen LogP contribution >= 0.6 is 0 Å². The van der Waals surface area contributed by atoms with Gasteiger partial charge in [0.15, 0.2) is 0 Å².